The molecule has 1 aromatic carbocycles. The molecule has 1 aromatic heterocycles. The highest BCUT2D eigenvalue weighted by atomic mass is 16.5. The number of aromatic nitrogens is 1. The van der Waals surface area contributed by atoms with Crippen LogP contribution >= 0.6 is 0 Å². The quantitative estimate of drug-likeness (QED) is 0.867. The second kappa shape index (κ2) is 5.71. The number of rotatable bonds is 5. The first kappa shape index (κ1) is 12.7. The summed E-state index contributed by atoms with van der Waals surface area (Å²) < 4.78 is 5.73. The number of hydrogen-bond donors (Lipinski definition) is 1. The maximum Gasteiger partial charge on any atom is 0.120 e. The van der Waals surface area contributed by atoms with E-state index in [9.17, 15) is 0 Å². The minimum Gasteiger partial charge on any atom is -0.491 e. The molecular weight excluding hydrogens is 224 g/mol. The Morgan fingerprint density at radius 1 is 1.28 bits per heavy atom. The molecule has 0 aliphatic carbocycles. The van der Waals surface area contributed by atoms with Crippen LogP contribution in [0.2, 0.25) is 0 Å². The lowest BCUT2D eigenvalue weighted by Gasteiger charge is -2.12. The molecule has 1 heterocycles. The first-order chi connectivity index (χ1) is 8.70. The second-order valence-corrected chi connectivity index (χ2v) is 4.63. The fourth-order valence-corrected chi connectivity index (χ4v) is 1.88. The summed E-state index contributed by atoms with van der Waals surface area (Å²) in [6, 6.07) is 8.04. The molecule has 0 unspecified atom stereocenters. The van der Waals surface area contributed by atoms with Crippen LogP contribution in [0, 0.1) is 0 Å². The van der Waals surface area contributed by atoms with Crippen molar-refractivity contribution < 1.29 is 4.74 Å². The number of benzene rings is 1. The highest BCUT2D eigenvalue weighted by Crippen LogP contribution is 2.26. The smallest absolute Gasteiger partial charge is 0.120 e. The van der Waals surface area contributed by atoms with Crippen molar-refractivity contribution >= 4 is 16.6 Å². The van der Waals surface area contributed by atoms with E-state index < -0.39 is 0 Å². The van der Waals surface area contributed by atoms with Crippen LogP contribution in [-0.4, -0.2) is 17.6 Å². The van der Waals surface area contributed by atoms with Crippen LogP contribution in [0.25, 0.3) is 10.9 Å². The molecule has 18 heavy (non-hydrogen) atoms. The van der Waals surface area contributed by atoms with Gasteiger partial charge in [-0.25, -0.2) is 0 Å². The van der Waals surface area contributed by atoms with Crippen molar-refractivity contribution in [3.8, 4) is 5.75 Å². The zero-order valence-corrected chi connectivity index (χ0v) is 11.2. The van der Waals surface area contributed by atoms with E-state index >= 15 is 0 Å². The van der Waals surface area contributed by atoms with Gasteiger partial charge in [0.05, 0.1) is 11.6 Å². The number of nitrogens with zero attached hydrogens (tertiary/aromatic N) is 1. The third-order valence-electron chi connectivity index (χ3n) is 2.65. The first-order valence-electron chi connectivity index (χ1n) is 6.50. The molecule has 0 saturated carbocycles. The summed E-state index contributed by atoms with van der Waals surface area (Å²) in [5.41, 5.74) is 2.11. The number of hydrogen-bond acceptors (Lipinski definition) is 3. The average molecular weight is 244 g/mol. The number of ether oxygens (including phenoxy) is 1. The lowest BCUT2D eigenvalue weighted by Crippen LogP contribution is -2.05. The third-order valence-corrected chi connectivity index (χ3v) is 2.65. The van der Waals surface area contributed by atoms with Crippen molar-refractivity contribution in [2.45, 2.75) is 33.3 Å². The Morgan fingerprint density at radius 2 is 2.11 bits per heavy atom. The number of nitrogens with one attached hydrogen (secondary N) is 1. The fourth-order valence-electron chi connectivity index (χ4n) is 1.88. The predicted octanol–water partition coefficient (Wildman–Crippen LogP) is 3.84. The number of pyridine rings is 1. The van der Waals surface area contributed by atoms with E-state index in [4.69, 9.17) is 4.74 Å². The van der Waals surface area contributed by atoms with Gasteiger partial charge in [0.25, 0.3) is 0 Å². The summed E-state index contributed by atoms with van der Waals surface area (Å²) in [6.07, 6.45) is 3.13. The summed E-state index contributed by atoms with van der Waals surface area (Å²) in [5.74, 6) is 0.894. The van der Waals surface area contributed by atoms with Gasteiger partial charge in [-0.15, -0.1) is 0 Å². The van der Waals surface area contributed by atoms with E-state index in [-0.39, 0.29) is 6.10 Å². The zero-order valence-electron chi connectivity index (χ0n) is 11.2. The normalized spacial score (nSPS) is 10.9. The van der Waals surface area contributed by atoms with Gasteiger partial charge in [-0.05, 0) is 44.5 Å². The molecule has 0 saturated heterocycles. The van der Waals surface area contributed by atoms with Gasteiger partial charge >= 0.3 is 0 Å². The molecule has 0 aliphatic heterocycles. The molecule has 1 N–H and O–H groups in total. The summed E-state index contributed by atoms with van der Waals surface area (Å²) >= 11 is 0. The third kappa shape index (κ3) is 2.92. The van der Waals surface area contributed by atoms with Crippen molar-refractivity contribution in [3.63, 3.8) is 0 Å². The molecule has 2 aromatic rings. The molecule has 2 rings (SSSR count). The number of anilines is 1. The lowest BCUT2D eigenvalue weighted by atomic mass is 10.1. The Kier molecular flexibility index (Phi) is 4.03. The van der Waals surface area contributed by atoms with Crippen LogP contribution in [-0.2, 0) is 0 Å². The average Bonchev–Trinajstić information content (AvgIpc) is 2.35. The van der Waals surface area contributed by atoms with Crippen LogP contribution in [0.5, 0.6) is 5.75 Å². The SMILES string of the molecule is CCCNc1ccnc2ccc(OC(C)C)cc12. The minimum atomic E-state index is 0.186. The monoisotopic (exact) mass is 244 g/mol. The first-order valence-corrected chi connectivity index (χ1v) is 6.50. The van der Waals surface area contributed by atoms with Crippen LogP contribution in [0.1, 0.15) is 27.2 Å². The summed E-state index contributed by atoms with van der Waals surface area (Å²) in [6.45, 7) is 7.19. The van der Waals surface area contributed by atoms with E-state index in [1.807, 2.05) is 38.2 Å². The van der Waals surface area contributed by atoms with Crippen LogP contribution in [0.4, 0.5) is 5.69 Å². The van der Waals surface area contributed by atoms with Crippen LogP contribution in [0.3, 0.4) is 0 Å². The molecule has 0 aliphatic rings. The highest BCUT2D eigenvalue weighted by molar-refractivity contribution is 5.92. The predicted molar refractivity (Wildman–Crippen MR) is 76.3 cm³/mol. The van der Waals surface area contributed by atoms with Crippen LogP contribution < -0.4 is 10.1 Å². The van der Waals surface area contributed by atoms with Crippen molar-refractivity contribution in [2.75, 3.05) is 11.9 Å². The topological polar surface area (TPSA) is 34.2 Å². The van der Waals surface area contributed by atoms with Crippen LogP contribution in [0.15, 0.2) is 30.5 Å². The molecule has 0 radical (unpaired) electrons. The van der Waals surface area contributed by atoms with Gasteiger partial charge in [0.2, 0.25) is 0 Å². The molecule has 3 heteroatoms. The van der Waals surface area contributed by atoms with Gasteiger partial charge in [0, 0.05) is 23.8 Å². The molecule has 0 spiro atoms. The molecule has 96 valence electrons. The molecular formula is C15H20N2O. The van der Waals surface area contributed by atoms with Gasteiger partial charge in [-0.1, -0.05) is 6.92 Å². The summed E-state index contributed by atoms with van der Waals surface area (Å²) in [7, 11) is 0. The summed E-state index contributed by atoms with van der Waals surface area (Å²) in [4.78, 5) is 4.37. The van der Waals surface area contributed by atoms with Gasteiger partial charge in [0.15, 0.2) is 0 Å². The summed E-state index contributed by atoms with van der Waals surface area (Å²) in [5, 5.41) is 4.54. The Labute approximate surface area is 108 Å². The Morgan fingerprint density at radius 3 is 2.83 bits per heavy atom. The Bertz CT molecular complexity index is 523. The zero-order chi connectivity index (χ0) is 13.0. The number of fused-ring (bicyclic) bond motifs is 1. The van der Waals surface area contributed by atoms with Gasteiger partial charge in [-0.2, -0.15) is 0 Å². The fraction of sp³-hybridized carbons (Fsp3) is 0.400. The van der Waals surface area contributed by atoms with Gasteiger partial charge in [0.1, 0.15) is 5.75 Å². The minimum absolute atomic E-state index is 0.186. The van der Waals surface area contributed by atoms with Crippen molar-refractivity contribution in [2.24, 2.45) is 0 Å². The van der Waals surface area contributed by atoms with Gasteiger partial charge < -0.3 is 10.1 Å². The Balaban J connectivity index is 2.38. The molecule has 3 nitrogen and oxygen atoms in total. The van der Waals surface area contributed by atoms with Crippen molar-refractivity contribution in [3.05, 3.63) is 30.5 Å². The second-order valence-electron chi connectivity index (χ2n) is 4.63. The molecule has 0 fully saturated rings. The molecule has 0 bridgehead atoms. The molecule has 0 amide bonds. The largest absolute Gasteiger partial charge is 0.491 e. The van der Waals surface area contributed by atoms with E-state index in [0.29, 0.717) is 0 Å². The van der Waals surface area contributed by atoms with Crippen molar-refractivity contribution in [1.82, 2.24) is 4.98 Å². The van der Waals surface area contributed by atoms with E-state index in [1.165, 1.54) is 0 Å². The standard InChI is InChI=1S/C15H20N2O/c1-4-8-16-15-7-9-17-14-6-5-12(10-13(14)15)18-11(2)3/h5-7,9-11H,4,8H2,1-3H3,(H,16,17). The van der Waals surface area contributed by atoms with Crippen molar-refractivity contribution in [1.29, 1.82) is 0 Å². The molecule has 0 atom stereocenters. The van der Waals surface area contributed by atoms with E-state index in [0.717, 1.165) is 35.3 Å². The van der Waals surface area contributed by atoms with E-state index in [2.05, 4.69) is 23.3 Å². The van der Waals surface area contributed by atoms with Gasteiger partial charge in [-0.3, -0.25) is 4.98 Å². The lowest BCUT2D eigenvalue weighted by molar-refractivity contribution is 0.243. The van der Waals surface area contributed by atoms with E-state index in [1.54, 1.807) is 0 Å². The Hall–Kier alpha value is -1.77. The highest BCUT2D eigenvalue weighted by Gasteiger charge is 2.04. The maximum absolute atomic E-state index is 5.73. The maximum atomic E-state index is 5.73.